The number of allylic oxidation sites excluding steroid dienone is 8. The molecule has 4 fully saturated rings. The van der Waals surface area contributed by atoms with Crippen molar-refractivity contribution in [3.05, 3.63) is 48.6 Å². The van der Waals surface area contributed by atoms with Crippen LogP contribution in [-0.2, 0) is 71.5 Å². The van der Waals surface area contributed by atoms with E-state index < -0.39 is 89.5 Å². The van der Waals surface area contributed by atoms with Gasteiger partial charge < -0.3 is 54.5 Å². The molecule has 0 aromatic carbocycles. The van der Waals surface area contributed by atoms with Gasteiger partial charge in [-0.1, -0.05) is 282 Å². The van der Waals surface area contributed by atoms with Gasteiger partial charge in [-0.15, -0.1) is 0 Å². The van der Waals surface area contributed by atoms with E-state index in [1.165, 1.54) is 238 Å². The van der Waals surface area contributed by atoms with Gasteiger partial charge in [0.15, 0.2) is 24.4 Å². The Morgan fingerprint density at radius 3 is 0.836 bits per heavy atom. The minimum absolute atomic E-state index is 0.0770. The van der Waals surface area contributed by atoms with Gasteiger partial charge in [-0.2, -0.15) is 0 Å². The van der Waals surface area contributed by atoms with Crippen molar-refractivity contribution < 1.29 is 90.9 Å². The summed E-state index contributed by atoms with van der Waals surface area (Å²) in [6, 6.07) is 0. The molecular formula is C91H156Cl3N3O19. The van der Waals surface area contributed by atoms with E-state index in [-0.39, 0.29) is 56.2 Å². The number of hydrogen-bond acceptors (Lipinski definition) is 18. The number of ether oxygens (including phenoxy) is 8. The van der Waals surface area contributed by atoms with Crippen molar-refractivity contribution >= 4 is 92.4 Å². The molecule has 4 saturated heterocycles. The highest BCUT2D eigenvalue weighted by Crippen LogP contribution is 2.32. The number of amides is 4. The first kappa shape index (κ1) is 111. The van der Waals surface area contributed by atoms with Gasteiger partial charge in [0.2, 0.25) is 11.1 Å². The number of alkyl carbamates (subject to hydrolysis) is 1. The van der Waals surface area contributed by atoms with E-state index in [2.05, 4.69) is 105 Å². The van der Waals surface area contributed by atoms with Crippen LogP contribution in [0, 0.1) is 0 Å². The highest BCUT2D eigenvalue weighted by Gasteiger charge is 2.52. The molecule has 0 aliphatic carbocycles. The van der Waals surface area contributed by atoms with E-state index in [0.29, 0.717) is 19.3 Å². The van der Waals surface area contributed by atoms with Crippen molar-refractivity contribution in [1.29, 1.82) is 0 Å². The van der Waals surface area contributed by atoms with Crippen LogP contribution in [0.15, 0.2) is 48.6 Å². The number of rotatable bonds is 67. The Labute approximate surface area is 713 Å². The molecule has 0 radical (unpaired) electrons. The fourth-order valence-corrected chi connectivity index (χ4v) is 13.9. The molecule has 0 aromatic heterocycles. The number of ketones is 1. The molecule has 116 heavy (non-hydrogen) atoms. The number of carbonyl (C=O) groups excluding carboxylic acids is 9. The summed E-state index contributed by atoms with van der Waals surface area (Å²) in [5.41, 5.74) is 9.79. The lowest BCUT2D eigenvalue weighted by Gasteiger charge is -2.17. The van der Waals surface area contributed by atoms with Crippen LogP contribution in [-0.4, -0.2) is 138 Å². The van der Waals surface area contributed by atoms with E-state index in [1.54, 1.807) is 0 Å². The molecule has 670 valence electrons. The molecule has 4 aliphatic rings. The molecule has 0 saturated carbocycles. The molecular weight excluding hydrogens is 1550 g/mol. The Bertz CT molecular complexity index is 2470. The van der Waals surface area contributed by atoms with Gasteiger partial charge in [0.25, 0.3) is 0 Å². The minimum Gasteiger partial charge on any atom is -0.481 e. The number of carboxylic acids is 1. The third kappa shape index (κ3) is 69.6. The number of esters is 1. The largest absolute Gasteiger partial charge is 0.481 e. The number of Topliss-reactive ketones (excluding diaryl/α,β-unsaturated/α-hetero) is 1. The van der Waals surface area contributed by atoms with Crippen molar-refractivity contribution in [3.8, 4) is 0 Å². The maximum Gasteiger partial charge on any atom is 0.414 e. The van der Waals surface area contributed by atoms with Crippen molar-refractivity contribution in [2.75, 3.05) is 26.4 Å². The molecule has 22 nitrogen and oxygen atoms in total. The van der Waals surface area contributed by atoms with Gasteiger partial charge in [-0.3, -0.25) is 38.9 Å². The standard InChI is InChI=1S/C45H77NO8.C18H33ClO.C18H34O2.C8H12N2O6.C2Cl2O2/c1-3-5-7-9-11-13-15-17-19-21-23-25-27-29-31-33-38(47)35-42(49)53-39-36-51-44-40(37-52-43(39)44)54-45(50)46-41(48)34-32-30-28-26-24-22-20-18-16-14-12-10-8-6-4-2;2*1-2-3-4-5-6-7-8-9-10-11-12-13-14-15-16-17-18(19)20;9-7(11)15-3-1-13-6-4(16-8(10)12)2-14-5(3)6;3-1(5)2(4)6/h17-20,39-40,43-44H,3-16,21-37H2,1-2H3,(H,46,48,50);9-10H,2-8,11-17H2,1H3;9-10H,2-8,11-17H2,1H3,(H,19,20);3-6H,1-2H2,(H2,9,11)(H2,10,12);/b19-17-,20-18-;2*10-9-;;/t39-,40+,43-,44-;;;3-,4+,5-,6-;/m1..1./s1. The highest BCUT2D eigenvalue weighted by molar-refractivity contribution is 6.97. The Morgan fingerprint density at radius 1 is 0.328 bits per heavy atom. The summed E-state index contributed by atoms with van der Waals surface area (Å²) in [5, 5.41) is 8.34. The summed E-state index contributed by atoms with van der Waals surface area (Å²) in [4.78, 5) is 110. The third-order valence-electron chi connectivity index (χ3n) is 20.4. The number of unbranched alkanes of at least 4 members (excludes halogenated alkanes) is 44. The van der Waals surface area contributed by atoms with E-state index >= 15 is 0 Å². The number of primary amides is 2. The molecule has 0 bridgehead atoms. The van der Waals surface area contributed by atoms with Crippen LogP contribution >= 0.6 is 34.8 Å². The molecule has 0 spiro atoms. The van der Waals surface area contributed by atoms with Crippen LogP contribution < -0.4 is 16.8 Å². The fourth-order valence-electron chi connectivity index (χ4n) is 13.8. The highest BCUT2D eigenvalue weighted by atomic mass is 35.5. The number of hydrogen-bond donors (Lipinski definition) is 4. The maximum absolute atomic E-state index is 12.5. The normalized spacial score (nSPS) is 18.4. The van der Waals surface area contributed by atoms with Gasteiger partial charge in [0, 0.05) is 25.7 Å². The second-order valence-electron chi connectivity index (χ2n) is 31.0. The van der Waals surface area contributed by atoms with Gasteiger partial charge in [0.05, 0.1) is 26.4 Å². The zero-order valence-electron chi connectivity index (χ0n) is 72.0. The lowest BCUT2D eigenvalue weighted by molar-refractivity contribution is -0.155. The van der Waals surface area contributed by atoms with Crippen molar-refractivity contribution in [3.63, 3.8) is 0 Å². The lowest BCUT2D eigenvalue weighted by atomic mass is 10.1. The SMILES string of the molecule is CCCCCCCC/C=C\CCCCCCCC(=O)CC(=O)O[C@@H]1CO[C@H]2[C@@H]1OC[C@@H]2OC(=O)NC(=O)CCCCCCC/C=C\CCCCCCCC.CCCCCCCC/C=C\CCCCCCCC(=O)Cl.CCCCCCCC/C=C\CCCCCCCC(=O)O.NC(=O)O[C@H]1CO[C@H]2[C@@H]1OC[C@H]2OC(N)=O.O=C(Cl)C(=O)Cl. The lowest BCUT2D eigenvalue weighted by Crippen LogP contribution is -2.39. The maximum atomic E-state index is 12.5. The van der Waals surface area contributed by atoms with Crippen molar-refractivity contribution in [1.82, 2.24) is 5.32 Å². The number of nitrogens with one attached hydrogen (secondary N) is 1. The number of carbonyl (C=O) groups is 10. The number of nitrogens with two attached hydrogens (primary N) is 2. The molecule has 4 aliphatic heterocycles. The molecule has 4 heterocycles. The van der Waals surface area contributed by atoms with Crippen LogP contribution in [0.3, 0.4) is 0 Å². The van der Waals surface area contributed by atoms with Crippen LogP contribution in [0.25, 0.3) is 0 Å². The van der Waals surface area contributed by atoms with Crippen molar-refractivity contribution in [2.24, 2.45) is 11.5 Å². The predicted octanol–water partition coefficient (Wildman–Crippen LogP) is 23.5. The zero-order valence-corrected chi connectivity index (χ0v) is 74.2. The van der Waals surface area contributed by atoms with Crippen molar-refractivity contribution in [2.45, 2.75) is 443 Å². The van der Waals surface area contributed by atoms with E-state index in [1.807, 2.05) is 0 Å². The topological polar surface area (TPSA) is 329 Å². The number of imide groups is 1. The second kappa shape index (κ2) is 80.8. The molecule has 25 heteroatoms. The number of carboxylic acid groups (broad SMARTS) is 1. The van der Waals surface area contributed by atoms with Crippen LogP contribution in [0.4, 0.5) is 14.4 Å². The van der Waals surface area contributed by atoms with E-state index in [4.69, 9.17) is 66.1 Å². The first-order valence-corrected chi connectivity index (χ1v) is 46.3. The minimum atomic E-state index is -1.14. The summed E-state index contributed by atoms with van der Waals surface area (Å²) in [6.45, 7) is 9.52. The zero-order chi connectivity index (χ0) is 85.5. The molecule has 8 atom stereocenters. The summed E-state index contributed by atoms with van der Waals surface area (Å²) in [5.74, 6) is -1.74. The number of fused-ring (bicyclic) bond motifs is 2. The molecule has 4 amide bonds. The molecule has 0 aromatic rings. The Balaban J connectivity index is 0.00000172. The summed E-state index contributed by atoms with van der Waals surface area (Å²) >= 11 is 14.3. The van der Waals surface area contributed by atoms with Gasteiger partial charge in [-0.05, 0) is 163 Å². The molecule has 0 unspecified atom stereocenters. The summed E-state index contributed by atoms with van der Waals surface area (Å²) in [6.07, 6.45) is 76.4. The Kier molecular flexibility index (Phi) is 77.2. The quantitative estimate of drug-likeness (QED) is 0.00836. The van der Waals surface area contributed by atoms with Gasteiger partial charge >= 0.3 is 40.7 Å². The second-order valence-corrected chi connectivity index (χ2v) is 32.1. The van der Waals surface area contributed by atoms with E-state index in [9.17, 15) is 47.9 Å². The number of halogens is 3. The average Bonchev–Trinajstić information content (AvgIpc) is 1.66. The molecule has 6 N–H and O–H groups in total. The fraction of sp³-hybridized carbons (Fsp3) is 0.802. The van der Waals surface area contributed by atoms with Crippen LogP contribution in [0.5, 0.6) is 0 Å². The van der Waals surface area contributed by atoms with Crippen LogP contribution in [0.1, 0.15) is 394 Å². The van der Waals surface area contributed by atoms with Crippen LogP contribution in [0.2, 0.25) is 0 Å². The predicted molar refractivity (Wildman–Crippen MR) is 464 cm³/mol. The summed E-state index contributed by atoms with van der Waals surface area (Å²) < 4.78 is 42.7. The van der Waals surface area contributed by atoms with Gasteiger partial charge in [0.1, 0.15) is 36.6 Å². The first-order valence-electron chi connectivity index (χ1n) is 45.2. The Morgan fingerprint density at radius 2 is 0.569 bits per heavy atom. The first-order chi connectivity index (χ1) is 56.2. The molecule has 4 rings (SSSR count). The number of aliphatic carboxylic acids is 1. The Hall–Kier alpha value is -5.23. The summed E-state index contributed by atoms with van der Waals surface area (Å²) in [7, 11) is 0. The monoisotopic (exact) mass is 1700 g/mol. The average molecular weight is 1700 g/mol. The van der Waals surface area contributed by atoms with E-state index in [0.717, 1.165) is 96.3 Å². The third-order valence-corrected chi connectivity index (χ3v) is 21.0. The van der Waals surface area contributed by atoms with Gasteiger partial charge in [-0.25, -0.2) is 14.4 Å². The smallest absolute Gasteiger partial charge is 0.414 e.